The van der Waals surface area contributed by atoms with Crippen molar-refractivity contribution < 1.29 is 23.5 Å². The number of H-pyrrole nitrogens is 1. The molecule has 0 saturated carbocycles. The van der Waals surface area contributed by atoms with E-state index in [0.717, 1.165) is 10.6 Å². The molecule has 1 aliphatic rings. The second-order valence-corrected chi connectivity index (χ2v) is 5.08. The van der Waals surface area contributed by atoms with Crippen LogP contribution in [0, 0.1) is 0 Å². The predicted molar refractivity (Wildman–Crippen MR) is 66.4 cm³/mol. The number of aliphatic hydroxyl groups is 1. The average molecular weight is 305 g/mol. The minimum Gasteiger partial charge on any atom is -0.392 e. The van der Waals surface area contributed by atoms with Crippen LogP contribution in [0.5, 0.6) is 0 Å². The van der Waals surface area contributed by atoms with Crippen LogP contribution in [0.1, 0.15) is 13.2 Å². The summed E-state index contributed by atoms with van der Waals surface area (Å²) in [7, 11) is -2.16. The molecule has 1 aromatic rings. The van der Waals surface area contributed by atoms with Crippen LogP contribution in [0.15, 0.2) is 21.9 Å². The molecule has 2 N–H and O–H groups in total. The molecule has 4 atom stereocenters. The van der Waals surface area contributed by atoms with Gasteiger partial charge in [0, 0.05) is 16.8 Å². The van der Waals surface area contributed by atoms with Crippen LogP contribution >= 0.6 is 8.25 Å². The van der Waals surface area contributed by atoms with Gasteiger partial charge in [-0.3, -0.25) is 14.3 Å². The second-order valence-electron chi connectivity index (χ2n) is 4.16. The largest absolute Gasteiger partial charge is 0.697 e. The summed E-state index contributed by atoms with van der Waals surface area (Å²) in [6, 6.07) is 1.14. The molecule has 0 aliphatic carbocycles. The summed E-state index contributed by atoms with van der Waals surface area (Å²) in [6.45, 7) is 1.18. The van der Waals surface area contributed by atoms with Crippen molar-refractivity contribution in [1.29, 1.82) is 0 Å². The van der Waals surface area contributed by atoms with Crippen LogP contribution < -0.4 is 11.2 Å². The molecule has 1 saturated heterocycles. The summed E-state index contributed by atoms with van der Waals surface area (Å²) >= 11 is 0. The maximum absolute atomic E-state index is 11.6. The normalized spacial score (nSPS) is 26.4. The second kappa shape index (κ2) is 6.38. The lowest BCUT2D eigenvalue weighted by atomic mass is 10.2. The number of aliphatic hydroxyl groups excluding tert-OH is 1. The van der Waals surface area contributed by atoms with E-state index in [2.05, 4.69) is 4.98 Å². The average Bonchev–Trinajstić information content (AvgIpc) is 2.39. The topological polar surface area (TPSA) is 120 Å². The third kappa shape index (κ3) is 3.38. The lowest BCUT2D eigenvalue weighted by molar-refractivity contribution is -0.140. The van der Waals surface area contributed by atoms with Crippen LogP contribution in [0.3, 0.4) is 0 Å². The highest BCUT2D eigenvalue weighted by molar-refractivity contribution is 7.33. The van der Waals surface area contributed by atoms with E-state index in [1.54, 1.807) is 6.92 Å². The van der Waals surface area contributed by atoms with E-state index < -0.39 is 44.5 Å². The number of aromatic amines is 1. The predicted octanol–water partition coefficient (Wildman–Crippen LogP) is -0.495. The minimum atomic E-state index is -2.16. The highest BCUT2D eigenvalue weighted by Gasteiger charge is 2.40. The molecule has 1 fully saturated rings. The molecule has 20 heavy (non-hydrogen) atoms. The number of hydrogen-bond donors (Lipinski definition) is 2. The van der Waals surface area contributed by atoms with E-state index in [1.807, 2.05) is 0 Å². The Morgan fingerprint density at radius 1 is 1.65 bits per heavy atom. The molecular formula is C10H14N2O7P+. The summed E-state index contributed by atoms with van der Waals surface area (Å²) in [5.74, 6) is 0. The van der Waals surface area contributed by atoms with Crippen molar-refractivity contribution >= 4 is 8.25 Å². The SMILES string of the molecule is C[C@@H]1O[P+](=O)OC[C@H]1O[C@H](CO)n1ccc(=O)[nH]c1=O. The Morgan fingerprint density at radius 3 is 3.00 bits per heavy atom. The van der Waals surface area contributed by atoms with Crippen LogP contribution in [0.25, 0.3) is 0 Å². The van der Waals surface area contributed by atoms with Crippen LogP contribution in [0.4, 0.5) is 0 Å². The van der Waals surface area contributed by atoms with Gasteiger partial charge < -0.3 is 9.84 Å². The number of hydrogen-bond acceptors (Lipinski definition) is 7. The third-order valence-corrected chi connectivity index (χ3v) is 3.63. The van der Waals surface area contributed by atoms with Gasteiger partial charge in [-0.25, -0.2) is 4.79 Å². The maximum Gasteiger partial charge on any atom is 0.697 e. The Hall–Kier alpha value is -1.38. The van der Waals surface area contributed by atoms with Gasteiger partial charge in [-0.1, -0.05) is 0 Å². The molecule has 10 heteroatoms. The number of nitrogens with zero attached hydrogens (tertiary/aromatic N) is 1. The maximum atomic E-state index is 11.6. The first-order chi connectivity index (χ1) is 9.51. The van der Waals surface area contributed by atoms with Gasteiger partial charge in [0.05, 0.1) is 6.61 Å². The first-order valence-corrected chi connectivity index (χ1v) is 6.95. The third-order valence-electron chi connectivity index (χ3n) is 2.77. The zero-order valence-electron chi connectivity index (χ0n) is 10.6. The monoisotopic (exact) mass is 305 g/mol. The Bertz CT molecular complexity index is 598. The number of aromatic nitrogens is 2. The fraction of sp³-hybridized carbons (Fsp3) is 0.600. The first-order valence-electron chi connectivity index (χ1n) is 5.86. The van der Waals surface area contributed by atoms with Gasteiger partial charge in [-0.05, 0) is 6.92 Å². The Labute approximate surface area is 114 Å². The molecule has 0 amide bonds. The van der Waals surface area contributed by atoms with Crippen molar-refractivity contribution in [3.05, 3.63) is 33.1 Å². The molecule has 1 aliphatic heterocycles. The van der Waals surface area contributed by atoms with Crippen molar-refractivity contribution in [2.24, 2.45) is 0 Å². The van der Waals surface area contributed by atoms with Crippen molar-refractivity contribution in [2.75, 3.05) is 13.2 Å². The van der Waals surface area contributed by atoms with Crippen molar-refractivity contribution in [3.8, 4) is 0 Å². The smallest absolute Gasteiger partial charge is 0.392 e. The minimum absolute atomic E-state index is 0.0188. The molecule has 2 rings (SSSR count). The fourth-order valence-electron chi connectivity index (χ4n) is 1.71. The summed E-state index contributed by atoms with van der Waals surface area (Å²) in [5, 5.41) is 9.33. The van der Waals surface area contributed by atoms with Gasteiger partial charge in [0.25, 0.3) is 5.56 Å². The molecule has 110 valence electrons. The lowest BCUT2D eigenvalue weighted by Crippen LogP contribution is -2.41. The van der Waals surface area contributed by atoms with Crippen LogP contribution in [0.2, 0.25) is 0 Å². The van der Waals surface area contributed by atoms with E-state index >= 15 is 0 Å². The summed E-state index contributed by atoms with van der Waals surface area (Å²) in [4.78, 5) is 24.7. The molecular weight excluding hydrogens is 291 g/mol. The van der Waals surface area contributed by atoms with E-state index in [-0.39, 0.29) is 6.61 Å². The summed E-state index contributed by atoms with van der Waals surface area (Å²) in [6.07, 6.45) is -0.897. The molecule has 9 nitrogen and oxygen atoms in total. The zero-order valence-corrected chi connectivity index (χ0v) is 11.5. The molecule has 2 heterocycles. The highest BCUT2D eigenvalue weighted by atomic mass is 31.1. The number of nitrogens with one attached hydrogen (secondary N) is 1. The standard InChI is InChI=1S/C10H13N2O7P/c1-6-7(5-17-20(16)19-6)18-9(4-13)12-3-2-8(14)11-10(12)15/h2-3,6-7,9,13H,4-5H2,1H3/p+1/t6-,7+,9+/m0/s1. The quantitative estimate of drug-likeness (QED) is 0.720. The lowest BCUT2D eigenvalue weighted by Gasteiger charge is -2.26. The van der Waals surface area contributed by atoms with E-state index in [9.17, 15) is 19.3 Å². The van der Waals surface area contributed by atoms with Gasteiger partial charge in [0.1, 0.15) is 18.8 Å². The van der Waals surface area contributed by atoms with Crippen molar-refractivity contribution in [1.82, 2.24) is 9.55 Å². The fourth-order valence-corrected chi connectivity index (χ4v) is 2.44. The molecule has 0 bridgehead atoms. The van der Waals surface area contributed by atoms with E-state index in [1.165, 1.54) is 6.20 Å². The van der Waals surface area contributed by atoms with Crippen LogP contribution in [-0.2, 0) is 18.3 Å². The van der Waals surface area contributed by atoms with Gasteiger partial charge in [-0.15, -0.1) is 9.05 Å². The van der Waals surface area contributed by atoms with Crippen LogP contribution in [-0.4, -0.2) is 40.1 Å². The van der Waals surface area contributed by atoms with Crippen molar-refractivity contribution in [2.45, 2.75) is 25.4 Å². The van der Waals surface area contributed by atoms with Gasteiger partial charge in [0.2, 0.25) is 0 Å². The molecule has 0 spiro atoms. The van der Waals surface area contributed by atoms with Gasteiger partial charge in [0.15, 0.2) is 6.23 Å². The Morgan fingerprint density at radius 2 is 2.40 bits per heavy atom. The molecule has 0 aromatic carbocycles. The summed E-state index contributed by atoms with van der Waals surface area (Å²) < 4.78 is 27.4. The van der Waals surface area contributed by atoms with Gasteiger partial charge in [-0.2, -0.15) is 0 Å². The van der Waals surface area contributed by atoms with Gasteiger partial charge >= 0.3 is 13.9 Å². The molecule has 1 aromatic heterocycles. The molecule has 0 radical (unpaired) electrons. The zero-order chi connectivity index (χ0) is 14.7. The highest BCUT2D eigenvalue weighted by Crippen LogP contribution is 2.34. The van der Waals surface area contributed by atoms with E-state index in [0.29, 0.717) is 0 Å². The number of rotatable bonds is 4. The molecule has 1 unspecified atom stereocenters. The van der Waals surface area contributed by atoms with E-state index in [4.69, 9.17) is 13.8 Å². The Kier molecular flexibility index (Phi) is 4.79. The van der Waals surface area contributed by atoms with Crippen molar-refractivity contribution in [3.63, 3.8) is 0 Å². The Balaban J connectivity index is 2.14. The first kappa shape index (κ1) is 15.0. The number of ether oxygens (including phenoxy) is 1. The summed E-state index contributed by atoms with van der Waals surface area (Å²) in [5.41, 5.74) is -1.24.